The molecule has 2 aromatic carbocycles. The van der Waals surface area contributed by atoms with Crippen LogP contribution in [0.2, 0.25) is 5.04 Å². The smallest absolute Gasteiger partial charge is 0.309 e. The SMILES string of the molecule is CCCCCC=C[C@@H]1OC(=O)C[C@@H]1O[Si](c1ccccc1)(c1ccccc1)C(C)(C)C. The zero-order chi connectivity index (χ0) is 22.3. The molecule has 31 heavy (non-hydrogen) atoms. The number of carbonyl (C=O) groups excluding carboxylic acids is 1. The highest BCUT2D eigenvalue weighted by Crippen LogP contribution is 2.39. The summed E-state index contributed by atoms with van der Waals surface area (Å²) in [7, 11) is -2.71. The van der Waals surface area contributed by atoms with Crippen LogP contribution >= 0.6 is 0 Å². The number of benzene rings is 2. The highest BCUT2D eigenvalue weighted by atomic mass is 28.4. The molecule has 1 saturated heterocycles. The van der Waals surface area contributed by atoms with Crippen molar-refractivity contribution in [2.45, 2.75) is 77.0 Å². The zero-order valence-corrected chi connectivity index (χ0v) is 20.3. The Balaban J connectivity index is 1.99. The third-order valence-corrected chi connectivity index (χ3v) is 11.1. The van der Waals surface area contributed by atoms with Gasteiger partial charge in [0.15, 0.2) is 0 Å². The molecule has 1 aliphatic heterocycles. The van der Waals surface area contributed by atoms with Gasteiger partial charge in [-0.05, 0) is 34.3 Å². The van der Waals surface area contributed by atoms with E-state index in [0.29, 0.717) is 6.42 Å². The molecule has 0 radical (unpaired) electrons. The fraction of sp³-hybridized carbons (Fsp3) is 0.444. The summed E-state index contributed by atoms with van der Waals surface area (Å²) in [6, 6.07) is 21.1. The summed E-state index contributed by atoms with van der Waals surface area (Å²) in [5, 5.41) is 2.31. The van der Waals surface area contributed by atoms with E-state index in [1.807, 2.05) is 18.2 Å². The Morgan fingerprint density at radius 1 is 1.00 bits per heavy atom. The molecule has 0 bridgehead atoms. The summed E-state index contributed by atoms with van der Waals surface area (Å²) in [6.45, 7) is 8.97. The topological polar surface area (TPSA) is 35.5 Å². The molecule has 3 rings (SSSR count). The lowest BCUT2D eigenvalue weighted by atomic mass is 10.1. The maximum atomic E-state index is 12.3. The Bertz CT molecular complexity index is 816. The lowest BCUT2D eigenvalue weighted by molar-refractivity contribution is -0.140. The van der Waals surface area contributed by atoms with Gasteiger partial charge in [-0.3, -0.25) is 4.79 Å². The Kier molecular flexibility index (Phi) is 7.90. The number of carbonyl (C=O) groups is 1. The summed E-state index contributed by atoms with van der Waals surface area (Å²) in [5.41, 5.74) is 0. The van der Waals surface area contributed by atoms with Crippen molar-refractivity contribution in [2.24, 2.45) is 0 Å². The molecule has 0 unspecified atom stereocenters. The monoisotopic (exact) mass is 436 g/mol. The molecule has 4 heteroatoms. The van der Waals surface area contributed by atoms with Gasteiger partial charge in [0.05, 0.1) is 12.5 Å². The molecular weight excluding hydrogens is 400 g/mol. The number of allylic oxidation sites excluding steroid dienone is 1. The fourth-order valence-corrected chi connectivity index (χ4v) is 9.18. The molecule has 0 N–H and O–H groups in total. The van der Waals surface area contributed by atoms with Crippen LogP contribution in [0.3, 0.4) is 0 Å². The molecule has 0 spiro atoms. The average Bonchev–Trinajstić information content (AvgIpc) is 3.11. The molecule has 0 aromatic heterocycles. The summed E-state index contributed by atoms with van der Waals surface area (Å²) >= 11 is 0. The van der Waals surface area contributed by atoms with Crippen molar-refractivity contribution in [2.75, 3.05) is 0 Å². The van der Waals surface area contributed by atoms with Gasteiger partial charge < -0.3 is 9.16 Å². The van der Waals surface area contributed by atoms with E-state index in [4.69, 9.17) is 9.16 Å². The van der Waals surface area contributed by atoms with E-state index in [-0.39, 0.29) is 23.2 Å². The first-order valence-corrected chi connectivity index (χ1v) is 13.4. The third kappa shape index (κ3) is 5.36. The minimum absolute atomic E-state index is 0.128. The lowest BCUT2D eigenvalue weighted by Gasteiger charge is -2.44. The van der Waals surface area contributed by atoms with Crippen molar-refractivity contribution in [1.29, 1.82) is 0 Å². The van der Waals surface area contributed by atoms with Crippen LogP contribution in [0.5, 0.6) is 0 Å². The molecule has 0 saturated carbocycles. The van der Waals surface area contributed by atoms with Gasteiger partial charge in [-0.1, -0.05) is 107 Å². The molecule has 2 atom stereocenters. The molecular formula is C27H36O3Si. The number of unbranched alkanes of at least 4 members (excludes halogenated alkanes) is 3. The number of ether oxygens (including phenoxy) is 1. The van der Waals surface area contributed by atoms with Crippen LogP contribution in [0.1, 0.15) is 59.8 Å². The van der Waals surface area contributed by atoms with Gasteiger partial charge in [-0.15, -0.1) is 0 Å². The van der Waals surface area contributed by atoms with Crippen LogP contribution in [0.4, 0.5) is 0 Å². The molecule has 1 aliphatic rings. The maximum absolute atomic E-state index is 12.3. The minimum Gasteiger partial charge on any atom is -0.455 e. The van der Waals surface area contributed by atoms with E-state index in [2.05, 4.69) is 82.3 Å². The van der Waals surface area contributed by atoms with Crippen LogP contribution in [0, 0.1) is 0 Å². The number of hydrogen-bond acceptors (Lipinski definition) is 3. The van der Waals surface area contributed by atoms with Crippen molar-refractivity contribution in [3.8, 4) is 0 Å². The van der Waals surface area contributed by atoms with Crippen molar-refractivity contribution >= 4 is 24.7 Å². The lowest BCUT2D eigenvalue weighted by Crippen LogP contribution is -2.68. The molecule has 0 aliphatic carbocycles. The van der Waals surface area contributed by atoms with Crippen LogP contribution < -0.4 is 10.4 Å². The summed E-state index contributed by atoms with van der Waals surface area (Å²) in [4.78, 5) is 12.3. The first kappa shape index (κ1) is 23.5. The molecule has 3 nitrogen and oxygen atoms in total. The van der Waals surface area contributed by atoms with Crippen LogP contribution in [0.15, 0.2) is 72.8 Å². The minimum atomic E-state index is -2.71. The van der Waals surface area contributed by atoms with Gasteiger partial charge in [0, 0.05) is 0 Å². The number of cyclic esters (lactones) is 1. The third-order valence-electron chi connectivity index (χ3n) is 6.05. The van der Waals surface area contributed by atoms with Crippen LogP contribution in [-0.2, 0) is 14.0 Å². The van der Waals surface area contributed by atoms with E-state index in [0.717, 1.165) is 12.8 Å². The predicted octanol–water partition coefficient (Wildman–Crippen LogP) is 5.38. The summed E-state index contributed by atoms with van der Waals surface area (Å²) < 4.78 is 12.8. The van der Waals surface area contributed by atoms with Crippen molar-refractivity contribution in [3.05, 3.63) is 72.8 Å². The van der Waals surface area contributed by atoms with E-state index in [1.165, 1.54) is 23.2 Å². The van der Waals surface area contributed by atoms with Gasteiger partial charge in [0.25, 0.3) is 8.32 Å². The Hall–Kier alpha value is -2.17. The second-order valence-electron chi connectivity index (χ2n) is 9.40. The normalized spacial score (nSPS) is 19.7. The number of rotatable bonds is 9. The number of hydrogen-bond donors (Lipinski definition) is 0. The van der Waals surface area contributed by atoms with E-state index in [1.54, 1.807) is 0 Å². The summed E-state index contributed by atoms with van der Waals surface area (Å²) in [5.74, 6) is -0.175. The average molecular weight is 437 g/mol. The highest BCUT2D eigenvalue weighted by Gasteiger charge is 2.53. The zero-order valence-electron chi connectivity index (χ0n) is 19.3. The Morgan fingerprint density at radius 2 is 1.58 bits per heavy atom. The van der Waals surface area contributed by atoms with Crippen molar-refractivity contribution in [1.82, 2.24) is 0 Å². The molecule has 1 heterocycles. The van der Waals surface area contributed by atoms with Crippen LogP contribution in [0.25, 0.3) is 0 Å². The number of esters is 1. The van der Waals surface area contributed by atoms with Gasteiger partial charge in [0.2, 0.25) is 0 Å². The van der Waals surface area contributed by atoms with E-state index >= 15 is 0 Å². The molecule has 0 amide bonds. The quantitative estimate of drug-likeness (QED) is 0.229. The van der Waals surface area contributed by atoms with Crippen molar-refractivity contribution < 1.29 is 14.0 Å². The molecule has 2 aromatic rings. The maximum Gasteiger partial charge on any atom is 0.309 e. The van der Waals surface area contributed by atoms with Gasteiger partial charge in [-0.2, -0.15) is 0 Å². The largest absolute Gasteiger partial charge is 0.455 e. The highest BCUT2D eigenvalue weighted by molar-refractivity contribution is 6.99. The van der Waals surface area contributed by atoms with Crippen LogP contribution in [-0.4, -0.2) is 26.5 Å². The first-order chi connectivity index (χ1) is 14.9. The molecule has 166 valence electrons. The standard InChI is InChI=1S/C27H36O3Si/c1-5-6-7-8-15-20-24-25(21-26(28)29-24)30-31(27(2,3)4,22-16-11-9-12-17-22)23-18-13-10-14-19-23/h9-20,24-25H,5-8,21H2,1-4H3/t24-,25-/m0/s1. The summed E-state index contributed by atoms with van der Waals surface area (Å²) in [6.07, 6.45) is 8.49. The van der Waals surface area contributed by atoms with Gasteiger partial charge in [-0.25, -0.2) is 0 Å². The Labute approximate surface area is 188 Å². The molecule has 1 fully saturated rings. The van der Waals surface area contributed by atoms with Gasteiger partial charge in [0.1, 0.15) is 6.10 Å². The van der Waals surface area contributed by atoms with E-state index < -0.39 is 8.32 Å². The Morgan fingerprint density at radius 3 is 2.10 bits per heavy atom. The first-order valence-electron chi connectivity index (χ1n) is 11.5. The second kappa shape index (κ2) is 10.4. The van der Waals surface area contributed by atoms with Crippen molar-refractivity contribution in [3.63, 3.8) is 0 Å². The predicted molar refractivity (Wildman–Crippen MR) is 130 cm³/mol. The van der Waals surface area contributed by atoms with E-state index in [9.17, 15) is 4.79 Å². The fourth-order valence-electron chi connectivity index (χ4n) is 4.49. The second-order valence-corrected chi connectivity index (χ2v) is 13.7. The van der Waals surface area contributed by atoms with Gasteiger partial charge >= 0.3 is 5.97 Å².